The highest BCUT2D eigenvalue weighted by Gasteiger charge is 2.21. The maximum atomic E-state index is 12.2. The van der Waals surface area contributed by atoms with Crippen molar-refractivity contribution in [2.24, 2.45) is 0 Å². The van der Waals surface area contributed by atoms with Gasteiger partial charge in [0.05, 0.1) is 37.9 Å². The average molecular weight is 358 g/mol. The third-order valence-electron chi connectivity index (χ3n) is 4.15. The molecule has 26 heavy (non-hydrogen) atoms. The number of rotatable bonds is 5. The maximum Gasteiger partial charge on any atom is 0.323 e. The molecule has 2 amide bonds. The number of urea groups is 1. The Labute approximate surface area is 151 Å². The molecule has 0 saturated carbocycles. The fourth-order valence-corrected chi connectivity index (χ4v) is 2.79. The van der Waals surface area contributed by atoms with E-state index in [0.29, 0.717) is 29.4 Å². The van der Waals surface area contributed by atoms with Crippen LogP contribution in [0.1, 0.15) is 6.42 Å². The Hall–Kier alpha value is -3.00. The summed E-state index contributed by atoms with van der Waals surface area (Å²) >= 11 is 0. The molecular formula is C18H22N4O4. The van der Waals surface area contributed by atoms with Gasteiger partial charge in [-0.05, 0) is 30.7 Å². The first-order valence-electron chi connectivity index (χ1n) is 8.28. The Bertz CT molecular complexity index is 766. The number of hydrogen-bond acceptors (Lipinski definition) is 6. The lowest BCUT2D eigenvalue weighted by Crippen LogP contribution is -2.22. The van der Waals surface area contributed by atoms with Crippen LogP contribution in [0.3, 0.4) is 0 Å². The number of aliphatic hydroxyl groups is 1. The van der Waals surface area contributed by atoms with E-state index in [0.717, 1.165) is 18.8 Å². The van der Waals surface area contributed by atoms with E-state index in [-0.39, 0.29) is 6.10 Å². The van der Waals surface area contributed by atoms with Crippen LogP contribution in [0.5, 0.6) is 11.5 Å². The third-order valence-corrected chi connectivity index (χ3v) is 4.15. The molecule has 0 bridgehead atoms. The molecule has 0 aliphatic carbocycles. The number of nitrogens with one attached hydrogen (secondary N) is 2. The van der Waals surface area contributed by atoms with Crippen LogP contribution in [-0.4, -0.2) is 49.5 Å². The van der Waals surface area contributed by atoms with E-state index >= 15 is 0 Å². The van der Waals surface area contributed by atoms with Crippen LogP contribution in [0.4, 0.5) is 22.0 Å². The topological polar surface area (TPSA) is 96.0 Å². The number of nitrogens with zero attached hydrogens (tertiary/aromatic N) is 2. The summed E-state index contributed by atoms with van der Waals surface area (Å²) in [4.78, 5) is 18.6. The van der Waals surface area contributed by atoms with Gasteiger partial charge in [0, 0.05) is 19.2 Å². The molecule has 3 N–H and O–H groups in total. The molecule has 0 spiro atoms. The SMILES string of the molecule is COc1ccc(OC)c(NC(=O)Nc2ccc(N3CC[C@H](O)C3)nc2)c1. The molecule has 1 aromatic heterocycles. The fourth-order valence-electron chi connectivity index (χ4n) is 2.79. The highest BCUT2D eigenvalue weighted by molar-refractivity contribution is 6.00. The Kier molecular flexibility index (Phi) is 5.43. The van der Waals surface area contributed by atoms with Crippen molar-refractivity contribution in [2.45, 2.75) is 12.5 Å². The second-order valence-electron chi connectivity index (χ2n) is 5.94. The zero-order chi connectivity index (χ0) is 18.5. The Morgan fingerprint density at radius 2 is 2.08 bits per heavy atom. The first-order valence-corrected chi connectivity index (χ1v) is 8.28. The molecule has 3 rings (SSSR count). The van der Waals surface area contributed by atoms with Crippen molar-refractivity contribution in [3.05, 3.63) is 36.5 Å². The number of carbonyl (C=O) groups excluding carboxylic acids is 1. The van der Waals surface area contributed by atoms with Crippen molar-refractivity contribution in [3.8, 4) is 11.5 Å². The summed E-state index contributed by atoms with van der Waals surface area (Å²) in [5.41, 5.74) is 1.06. The van der Waals surface area contributed by atoms with Crippen LogP contribution in [-0.2, 0) is 0 Å². The summed E-state index contributed by atoms with van der Waals surface area (Å²) in [6.07, 6.45) is 2.02. The number of anilines is 3. The van der Waals surface area contributed by atoms with Crippen LogP contribution >= 0.6 is 0 Å². The Morgan fingerprint density at radius 1 is 1.23 bits per heavy atom. The predicted octanol–water partition coefficient (Wildman–Crippen LogP) is 2.31. The molecule has 1 aromatic carbocycles. The maximum absolute atomic E-state index is 12.2. The van der Waals surface area contributed by atoms with Gasteiger partial charge in [-0.25, -0.2) is 9.78 Å². The minimum atomic E-state index is -0.414. The summed E-state index contributed by atoms with van der Waals surface area (Å²) in [6.45, 7) is 1.35. The first-order chi connectivity index (χ1) is 12.6. The van der Waals surface area contributed by atoms with Crippen molar-refractivity contribution >= 4 is 23.2 Å². The number of methoxy groups -OCH3 is 2. The summed E-state index contributed by atoms with van der Waals surface area (Å²) in [7, 11) is 3.08. The van der Waals surface area contributed by atoms with Gasteiger partial charge in [0.25, 0.3) is 0 Å². The molecule has 1 fully saturated rings. The number of aromatic nitrogens is 1. The van der Waals surface area contributed by atoms with Gasteiger partial charge < -0.3 is 30.1 Å². The van der Waals surface area contributed by atoms with Gasteiger partial charge >= 0.3 is 6.03 Å². The van der Waals surface area contributed by atoms with E-state index < -0.39 is 6.03 Å². The summed E-state index contributed by atoms with van der Waals surface area (Å²) in [6, 6.07) is 8.32. The van der Waals surface area contributed by atoms with E-state index in [1.54, 1.807) is 37.6 Å². The minimum absolute atomic E-state index is 0.307. The minimum Gasteiger partial charge on any atom is -0.497 e. The third kappa shape index (κ3) is 4.15. The number of aliphatic hydroxyl groups excluding tert-OH is 1. The standard InChI is InChI=1S/C18H22N4O4/c1-25-14-4-5-16(26-2)15(9-14)21-18(24)20-12-3-6-17(19-10-12)22-8-7-13(23)11-22/h3-6,9-10,13,23H,7-8,11H2,1-2H3,(H2,20,21,24)/t13-/m0/s1. The van der Waals surface area contributed by atoms with Crippen LogP contribution in [0.25, 0.3) is 0 Å². The lowest BCUT2D eigenvalue weighted by atomic mass is 10.2. The highest BCUT2D eigenvalue weighted by Crippen LogP contribution is 2.29. The van der Waals surface area contributed by atoms with Crippen molar-refractivity contribution in [1.82, 2.24) is 4.98 Å². The monoisotopic (exact) mass is 358 g/mol. The molecule has 2 aromatic rings. The molecule has 1 atom stereocenters. The molecule has 1 aliphatic rings. The largest absolute Gasteiger partial charge is 0.497 e. The van der Waals surface area contributed by atoms with Crippen molar-refractivity contribution < 1.29 is 19.4 Å². The van der Waals surface area contributed by atoms with Crippen LogP contribution in [0.2, 0.25) is 0 Å². The van der Waals surface area contributed by atoms with Gasteiger partial charge in [-0.3, -0.25) is 0 Å². The first kappa shape index (κ1) is 17.8. The van der Waals surface area contributed by atoms with E-state index in [4.69, 9.17) is 9.47 Å². The number of benzene rings is 1. The van der Waals surface area contributed by atoms with Crippen molar-refractivity contribution in [3.63, 3.8) is 0 Å². The molecule has 1 aliphatic heterocycles. The van der Waals surface area contributed by atoms with Crippen molar-refractivity contribution in [1.29, 1.82) is 0 Å². The number of amides is 2. The second kappa shape index (κ2) is 7.92. The Morgan fingerprint density at radius 3 is 2.69 bits per heavy atom. The van der Waals surface area contributed by atoms with Crippen LogP contribution in [0, 0.1) is 0 Å². The average Bonchev–Trinajstić information content (AvgIpc) is 3.08. The molecule has 138 valence electrons. The normalized spacial score (nSPS) is 16.3. The smallest absolute Gasteiger partial charge is 0.323 e. The molecule has 0 radical (unpaired) electrons. The van der Waals surface area contributed by atoms with Crippen LogP contribution in [0.15, 0.2) is 36.5 Å². The second-order valence-corrected chi connectivity index (χ2v) is 5.94. The number of carbonyl (C=O) groups is 1. The van der Waals surface area contributed by atoms with Gasteiger partial charge in [-0.1, -0.05) is 0 Å². The number of ether oxygens (including phenoxy) is 2. The quantitative estimate of drug-likeness (QED) is 0.759. The molecule has 8 heteroatoms. The van der Waals surface area contributed by atoms with Crippen molar-refractivity contribution in [2.75, 3.05) is 42.8 Å². The predicted molar refractivity (Wildman–Crippen MR) is 99.3 cm³/mol. The Balaban J connectivity index is 1.63. The van der Waals surface area contributed by atoms with E-state index in [9.17, 15) is 9.90 Å². The van der Waals surface area contributed by atoms with E-state index in [2.05, 4.69) is 15.6 Å². The molecule has 8 nitrogen and oxygen atoms in total. The summed E-state index contributed by atoms with van der Waals surface area (Å²) in [5, 5.41) is 15.1. The van der Waals surface area contributed by atoms with Gasteiger partial charge in [0.15, 0.2) is 0 Å². The fraction of sp³-hybridized carbons (Fsp3) is 0.333. The lowest BCUT2D eigenvalue weighted by Gasteiger charge is -2.17. The van der Waals surface area contributed by atoms with Gasteiger partial charge in [0.2, 0.25) is 0 Å². The van der Waals surface area contributed by atoms with Crippen LogP contribution < -0.4 is 25.0 Å². The number of pyridine rings is 1. The molecule has 2 heterocycles. The number of hydrogen-bond donors (Lipinski definition) is 3. The van der Waals surface area contributed by atoms with Gasteiger partial charge in [-0.2, -0.15) is 0 Å². The van der Waals surface area contributed by atoms with E-state index in [1.165, 1.54) is 7.11 Å². The summed E-state index contributed by atoms with van der Waals surface area (Å²) < 4.78 is 10.4. The van der Waals surface area contributed by atoms with Gasteiger partial charge in [-0.15, -0.1) is 0 Å². The molecular weight excluding hydrogens is 336 g/mol. The molecule has 1 saturated heterocycles. The number of β-amino-alcohol motifs (C(OH)–C–C–N with tert-alkyl or cyclic N) is 1. The molecule has 0 unspecified atom stereocenters. The van der Waals surface area contributed by atoms with E-state index in [1.807, 2.05) is 11.0 Å². The van der Waals surface area contributed by atoms with Gasteiger partial charge in [0.1, 0.15) is 17.3 Å². The summed E-state index contributed by atoms with van der Waals surface area (Å²) in [5.74, 6) is 1.92. The zero-order valence-electron chi connectivity index (χ0n) is 14.7. The zero-order valence-corrected chi connectivity index (χ0v) is 14.7. The lowest BCUT2D eigenvalue weighted by molar-refractivity contribution is 0.198. The highest BCUT2D eigenvalue weighted by atomic mass is 16.5.